The number of amides is 1. The SMILES string of the molecule is CCOc1cc(C=Nn2c(-c3cc4ccccc4o3)nc3ccccc3c2=O)c(Br)cc1OCC(=O)N1CCOCC1. The van der Waals surface area contributed by atoms with E-state index in [4.69, 9.17) is 23.6 Å². The summed E-state index contributed by atoms with van der Waals surface area (Å²) in [6.45, 7) is 4.23. The summed E-state index contributed by atoms with van der Waals surface area (Å²) in [5.41, 5.74) is 1.51. The van der Waals surface area contributed by atoms with Crippen LogP contribution in [0.25, 0.3) is 33.5 Å². The lowest BCUT2D eigenvalue weighted by molar-refractivity contribution is -0.137. The second-order valence-corrected chi connectivity index (χ2v) is 10.4. The number of morpholine rings is 1. The Bertz CT molecular complexity index is 1830. The van der Waals surface area contributed by atoms with E-state index >= 15 is 0 Å². The Labute approximate surface area is 249 Å². The van der Waals surface area contributed by atoms with Gasteiger partial charge in [0, 0.05) is 28.5 Å². The van der Waals surface area contributed by atoms with Gasteiger partial charge in [-0.1, -0.05) is 30.3 Å². The Morgan fingerprint density at radius 3 is 2.62 bits per heavy atom. The lowest BCUT2D eigenvalue weighted by Gasteiger charge is -2.26. The molecule has 1 amide bonds. The molecule has 1 saturated heterocycles. The third-order valence-corrected chi connectivity index (χ3v) is 7.48. The van der Waals surface area contributed by atoms with Crippen LogP contribution in [-0.4, -0.2) is 66.2 Å². The molecule has 1 fully saturated rings. The van der Waals surface area contributed by atoms with Crippen molar-refractivity contribution in [2.45, 2.75) is 6.92 Å². The minimum atomic E-state index is -0.338. The van der Waals surface area contributed by atoms with Crippen LogP contribution < -0.4 is 15.0 Å². The van der Waals surface area contributed by atoms with Crippen molar-refractivity contribution < 1.29 is 23.4 Å². The number of carbonyl (C=O) groups is 1. The molecule has 2 aromatic heterocycles. The Morgan fingerprint density at radius 1 is 1.05 bits per heavy atom. The van der Waals surface area contributed by atoms with E-state index in [2.05, 4.69) is 21.0 Å². The van der Waals surface area contributed by atoms with Gasteiger partial charge >= 0.3 is 0 Å². The van der Waals surface area contributed by atoms with Crippen LogP contribution in [0.1, 0.15) is 12.5 Å². The van der Waals surface area contributed by atoms with Crippen LogP contribution in [0.15, 0.2) is 85.5 Å². The molecule has 3 heterocycles. The second-order valence-electron chi connectivity index (χ2n) is 9.50. The number of aromatic nitrogens is 2. The minimum Gasteiger partial charge on any atom is -0.490 e. The van der Waals surface area contributed by atoms with Gasteiger partial charge in [0.25, 0.3) is 11.5 Å². The highest BCUT2D eigenvalue weighted by molar-refractivity contribution is 9.10. The zero-order valence-electron chi connectivity index (χ0n) is 22.8. The molecule has 214 valence electrons. The first-order valence-electron chi connectivity index (χ1n) is 13.5. The second kappa shape index (κ2) is 12.2. The summed E-state index contributed by atoms with van der Waals surface area (Å²) < 4.78 is 24.9. The van der Waals surface area contributed by atoms with Crippen LogP contribution in [0.4, 0.5) is 0 Å². The van der Waals surface area contributed by atoms with Gasteiger partial charge in [-0.15, -0.1) is 0 Å². The standard InChI is InChI=1S/C31H27BrN4O6/c1-2-40-26-16-21(23(32)17-27(26)41-19-29(37)35-11-13-39-14-12-35)18-33-36-30(28-15-20-7-3-6-10-25(20)42-28)34-24-9-5-4-8-22(24)31(36)38/h3-10,15-18H,2,11-14,19H2,1H3. The number of benzene rings is 3. The molecule has 42 heavy (non-hydrogen) atoms. The molecule has 5 aromatic rings. The van der Waals surface area contributed by atoms with Crippen LogP contribution in [0.2, 0.25) is 0 Å². The van der Waals surface area contributed by atoms with Gasteiger partial charge in [-0.05, 0) is 59.3 Å². The summed E-state index contributed by atoms with van der Waals surface area (Å²) in [7, 11) is 0. The Morgan fingerprint density at radius 2 is 1.81 bits per heavy atom. The molecule has 0 radical (unpaired) electrons. The molecule has 0 aliphatic carbocycles. The van der Waals surface area contributed by atoms with Crippen molar-refractivity contribution in [3.63, 3.8) is 0 Å². The van der Waals surface area contributed by atoms with Gasteiger partial charge in [0.15, 0.2) is 23.9 Å². The number of carbonyl (C=O) groups excluding carboxylic acids is 1. The Kier molecular flexibility index (Phi) is 8.02. The van der Waals surface area contributed by atoms with Crippen molar-refractivity contribution in [1.29, 1.82) is 0 Å². The van der Waals surface area contributed by atoms with Crippen LogP contribution in [-0.2, 0) is 9.53 Å². The summed E-state index contributed by atoms with van der Waals surface area (Å²) in [6.07, 6.45) is 1.54. The van der Waals surface area contributed by atoms with E-state index in [0.717, 1.165) is 5.39 Å². The molecule has 3 aromatic carbocycles. The van der Waals surface area contributed by atoms with Gasteiger partial charge in [-0.2, -0.15) is 9.78 Å². The average molecular weight is 631 g/mol. The maximum atomic E-state index is 13.6. The number of hydrogen-bond donors (Lipinski definition) is 0. The lowest BCUT2D eigenvalue weighted by atomic mass is 10.2. The normalized spacial score (nSPS) is 13.7. The first kappa shape index (κ1) is 27.7. The topological polar surface area (TPSA) is 108 Å². The summed E-state index contributed by atoms with van der Waals surface area (Å²) >= 11 is 3.57. The molecule has 6 rings (SSSR count). The molecule has 1 aliphatic heterocycles. The van der Waals surface area contributed by atoms with E-state index in [1.54, 1.807) is 41.4 Å². The van der Waals surface area contributed by atoms with Gasteiger partial charge in [0.1, 0.15) is 5.58 Å². The van der Waals surface area contributed by atoms with Crippen molar-refractivity contribution in [3.05, 3.63) is 87.1 Å². The predicted octanol–water partition coefficient (Wildman–Crippen LogP) is 5.09. The molecule has 10 nitrogen and oxygen atoms in total. The molecule has 0 N–H and O–H groups in total. The summed E-state index contributed by atoms with van der Waals surface area (Å²) in [4.78, 5) is 32.7. The minimum absolute atomic E-state index is 0.121. The van der Waals surface area contributed by atoms with Crippen molar-refractivity contribution in [2.75, 3.05) is 39.5 Å². The lowest BCUT2D eigenvalue weighted by Crippen LogP contribution is -2.43. The highest BCUT2D eigenvalue weighted by Gasteiger charge is 2.20. The number of fused-ring (bicyclic) bond motifs is 2. The van der Waals surface area contributed by atoms with Crippen LogP contribution in [0.5, 0.6) is 11.5 Å². The number of ether oxygens (including phenoxy) is 3. The van der Waals surface area contributed by atoms with E-state index in [9.17, 15) is 9.59 Å². The highest BCUT2D eigenvalue weighted by atomic mass is 79.9. The molecule has 1 aliphatic rings. The number of hydrogen-bond acceptors (Lipinski definition) is 8. The highest BCUT2D eigenvalue weighted by Crippen LogP contribution is 2.34. The quantitative estimate of drug-likeness (QED) is 0.220. The third kappa shape index (κ3) is 5.65. The number of nitrogens with zero attached hydrogens (tertiary/aromatic N) is 4. The van der Waals surface area contributed by atoms with Crippen LogP contribution >= 0.6 is 15.9 Å². The molecule has 0 atom stereocenters. The third-order valence-electron chi connectivity index (χ3n) is 6.79. The summed E-state index contributed by atoms with van der Waals surface area (Å²) in [5.74, 6) is 1.42. The van der Waals surface area contributed by atoms with Gasteiger partial charge < -0.3 is 23.5 Å². The van der Waals surface area contributed by atoms with Crippen molar-refractivity contribution in [3.8, 4) is 23.1 Å². The fourth-order valence-corrected chi connectivity index (χ4v) is 5.10. The number of para-hydroxylation sites is 2. The largest absolute Gasteiger partial charge is 0.490 e. The first-order valence-corrected chi connectivity index (χ1v) is 14.3. The van der Waals surface area contributed by atoms with E-state index in [1.165, 1.54) is 4.68 Å². The average Bonchev–Trinajstić information content (AvgIpc) is 3.45. The van der Waals surface area contributed by atoms with Gasteiger partial charge in [0.2, 0.25) is 5.82 Å². The van der Waals surface area contributed by atoms with Gasteiger partial charge in [-0.25, -0.2) is 4.98 Å². The fourth-order valence-electron chi connectivity index (χ4n) is 4.68. The molecular weight excluding hydrogens is 604 g/mol. The van der Waals surface area contributed by atoms with Crippen molar-refractivity contribution in [2.24, 2.45) is 5.10 Å². The zero-order chi connectivity index (χ0) is 29.1. The van der Waals surface area contributed by atoms with E-state index in [1.807, 2.05) is 43.3 Å². The number of halogens is 1. The fraction of sp³-hybridized carbons (Fsp3) is 0.226. The number of rotatable bonds is 8. The van der Waals surface area contributed by atoms with Gasteiger partial charge in [-0.3, -0.25) is 9.59 Å². The van der Waals surface area contributed by atoms with Gasteiger partial charge in [0.05, 0.1) is 36.9 Å². The van der Waals surface area contributed by atoms with E-state index in [0.29, 0.717) is 76.7 Å². The molecule has 11 heteroatoms. The van der Waals surface area contributed by atoms with E-state index < -0.39 is 0 Å². The summed E-state index contributed by atoms with van der Waals surface area (Å²) in [5, 5.41) is 5.87. The molecule has 0 bridgehead atoms. The monoisotopic (exact) mass is 630 g/mol. The molecule has 0 saturated carbocycles. The maximum Gasteiger partial charge on any atom is 0.282 e. The maximum absolute atomic E-state index is 13.6. The number of furan rings is 1. The molecule has 0 spiro atoms. The Balaban J connectivity index is 1.35. The van der Waals surface area contributed by atoms with Crippen LogP contribution in [0, 0.1) is 0 Å². The molecular formula is C31H27BrN4O6. The van der Waals surface area contributed by atoms with Crippen molar-refractivity contribution in [1.82, 2.24) is 14.6 Å². The van der Waals surface area contributed by atoms with Crippen molar-refractivity contribution >= 4 is 49.9 Å². The van der Waals surface area contributed by atoms with Crippen LogP contribution in [0.3, 0.4) is 0 Å². The Hall–Kier alpha value is -4.48. The molecule has 0 unspecified atom stereocenters. The first-order chi connectivity index (χ1) is 20.5. The van der Waals surface area contributed by atoms with E-state index in [-0.39, 0.29) is 23.9 Å². The zero-order valence-corrected chi connectivity index (χ0v) is 24.4. The smallest absolute Gasteiger partial charge is 0.282 e. The predicted molar refractivity (Wildman–Crippen MR) is 162 cm³/mol. The summed E-state index contributed by atoms with van der Waals surface area (Å²) in [6, 6.07) is 20.0.